The molecule has 0 aliphatic heterocycles. The number of phenols is 1. The molecule has 0 saturated carbocycles. The smallest absolute Gasteiger partial charge is 0.202 e. The molecule has 0 fully saturated rings. The van der Waals surface area contributed by atoms with Gasteiger partial charge in [0.2, 0.25) is 5.75 Å². The van der Waals surface area contributed by atoms with Gasteiger partial charge in [-0.05, 0) is 6.07 Å². The van der Waals surface area contributed by atoms with Crippen LogP contribution in [0.3, 0.4) is 0 Å². The summed E-state index contributed by atoms with van der Waals surface area (Å²) in [7, 11) is 2.71. The van der Waals surface area contributed by atoms with Crippen molar-refractivity contribution in [2.45, 2.75) is 0 Å². The molecule has 1 N–H and O–H groups in total. The van der Waals surface area contributed by atoms with Crippen LogP contribution in [0.2, 0.25) is 5.02 Å². The topological polar surface area (TPSA) is 55.8 Å². The molecule has 1 aromatic rings. The summed E-state index contributed by atoms with van der Waals surface area (Å²) in [6.07, 6.45) is 0.562. The lowest BCUT2D eigenvalue weighted by Gasteiger charge is -2.10. The van der Waals surface area contributed by atoms with Crippen LogP contribution in [-0.2, 0) is 0 Å². The van der Waals surface area contributed by atoms with Crippen molar-refractivity contribution >= 4 is 17.9 Å². The van der Waals surface area contributed by atoms with E-state index in [0.717, 1.165) is 0 Å². The van der Waals surface area contributed by atoms with Gasteiger partial charge in [-0.1, -0.05) is 11.6 Å². The van der Waals surface area contributed by atoms with Crippen LogP contribution in [-0.4, -0.2) is 25.6 Å². The maximum Gasteiger partial charge on any atom is 0.202 e. The van der Waals surface area contributed by atoms with E-state index < -0.39 is 0 Å². The van der Waals surface area contributed by atoms with Gasteiger partial charge in [0.1, 0.15) is 0 Å². The molecule has 5 heteroatoms. The minimum Gasteiger partial charge on any atom is -0.502 e. The lowest BCUT2D eigenvalue weighted by molar-refractivity contribution is 0.112. The zero-order valence-corrected chi connectivity index (χ0v) is 8.46. The van der Waals surface area contributed by atoms with Crippen molar-refractivity contribution in [3.8, 4) is 17.2 Å². The van der Waals surface area contributed by atoms with Gasteiger partial charge in [-0.15, -0.1) is 0 Å². The predicted octanol–water partition coefficient (Wildman–Crippen LogP) is 1.88. The minimum absolute atomic E-state index is 0.0353. The Labute approximate surface area is 86.0 Å². The van der Waals surface area contributed by atoms with Crippen molar-refractivity contribution in [1.82, 2.24) is 0 Å². The summed E-state index contributed by atoms with van der Waals surface area (Å²) in [5.74, 6) is -0.0351. The third-order valence-electron chi connectivity index (χ3n) is 1.74. The molecule has 0 aliphatic carbocycles. The monoisotopic (exact) mass is 216 g/mol. The summed E-state index contributed by atoms with van der Waals surface area (Å²) in [5.41, 5.74) is 0.207. The Kier molecular flexibility index (Phi) is 3.19. The van der Waals surface area contributed by atoms with Crippen LogP contribution in [0.5, 0.6) is 17.2 Å². The van der Waals surface area contributed by atoms with E-state index in [1.165, 1.54) is 20.3 Å². The summed E-state index contributed by atoms with van der Waals surface area (Å²) in [4.78, 5) is 10.6. The fraction of sp³-hybridized carbons (Fsp3) is 0.222. The Morgan fingerprint density at radius 3 is 2.50 bits per heavy atom. The fourth-order valence-electron chi connectivity index (χ4n) is 1.05. The number of carbonyl (C=O) groups is 1. The summed E-state index contributed by atoms with van der Waals surface area (Å²) in [6.45, 7) is 0. The van der Waals surface area contributed by atoms with Crippen molar-refractivity contribution < 1.29 is 19.4 Å². The van der Waals surface area contributed by atoms with Crippen LogP contribution >= 0.6 is 11.6 Å². The van der Waals surface area contributed by atoms with Gasteiger partial charge >= 0.3 is 0 Å². The molecule has 0 spiro atoms. The van der Waals surface area contributed by atoms with Gasteiger partial charge < -0.3 is 14.6 Å². The highest BCUT2D eigenvalue weighted by Gasteiger charge is 2.17. The molecule has 0 unspecified atom stereocenters. The van der Waals surface area contributed by atoms with Gasteiger partial charge in [-0.3, -0.25) is 4.79 Å². The van der Waals surface area contributed by atoms with Crippen LogP contribution in [0.1, 0.15) is 10.4 Å². The number of aldehydes is 1. The second-order valence-corrected chi connectivity index (χ2v) is 2.86. The van der Waals surface area contributed by atoms with Crippen molar-refractivity contribution in [3.63, 3.8) is 0 Å². The maximum absolute atomic E-state index is 10.6. The standard InChI is InChI=1S/C9H9ClO4/c1-13-6-3-5(4-11)7(10)9(14-2)8(6)12/h3-4,12H,1-2H3. The first-order valence-corrected chi connectivity index (χ1v) is 4.12. The number of halogens is 1. The van der Waals surface area contributed by atoms with Crippen LogP contribution < -0.4 is 9.47 Å². The van der Waals surface area contributed by atoms with Gasteiger partial charge in [-0.25, -0.2) is 0 Å². The third kappa shape index (κ3) is 1.61. The SMILES string of the molecule is COc1cc(C=O)c(Cl)c(OC)c1O. The van der Waals surface area contributed by atoms with Crippen molar-refractivity contribution in [2.75, 3.05) is 14.2 Å². The van der Waals surface area contributed by atoms with Crippen LogP contribution in [0, 0.1) is 0 Å². The summed E-state index contributed by atoms with van der Waals surface area (Å²) in [6, 6.07) is 1.34. The van der Waals surface area contributed by atoms with E-state index in [2.05, 4.69) is 0 Å². The molecular formula is C9H9ClO4. The lowest BCUT2D eigenvalue weighted by Crippen LogP contribution is -1.93. The summed E-state index contributed by atoms with van der Waals surface area (Å²) >= 11 is 5.77. The van der Waals surface area contributed by atoms with Crippen LogP contribution in [0.25, 0.3) is 0 Å². The Balaban J connectivity index is 3.46. The molecule has 0 heterocycles. The molecule has 0 atom stereocenters. The first-order chi connectivity index (χ1) is 6.65. The fourth-order valence-corrected chi connectivity index (χ4v) is 1.31. The number of methoxy groups -OCH3 is 2. The van der Waals surface area contributed by atoms with Gasteiger partial charge in [0.05, 0.1) is 19.2 Å². The van der Waals surface area contributed by atoms with Gasteiger partial charge in [0.15, 0.2) is 17.8 Å². The average molecular weight is 217 g/mol. The normalized spacial score (nSPS) is 9.64. The number of hydrogen-bond acceptors (Lipinski definition) is 4. The Morgan fingerprint density at radius 2 is 2.07 bits per heavy atom. The van der Waals surface area contributed by atoms with Crippen molar-refractivity contribution in [3.05, 3.63) is 16.7 Å². The summed E-state index contributed by atoms with van der Waals surface area (Å²) in [5, 5.41) is 9.61. The Bertz CT molecular complexity index is 362. The van der Waals surface area contributed by atoms with Crippen LogP contribution in [0.15, 0.2) is 6.07 Å². The first kappa shape index (κ1) is 10.7. The molecule has 0 amide bonds. The summed E-state index contributed by atoms with van der Waals surface area (Å²) < 4.78 is 9.68. The van der Waals surface area contributed by atoms with E-state index in [4.69, 9.17) is 21.1 Å². The second kappa shape index (κ2) is 4.19. The molecule has 0 saturated heterocycles. The number of ether oxygens (including phenoxy) is 2. The first-order valence-electron chi connectivity index (χ1n) is 3.74. The molecule has 1 rings (SSSR count). The number of hydrogen-bond donors (Lipinski definition) is 1. The second-order valence-electron chi connectivity index (χ2n) is 2.48. The van der Waals surface area contributed by atoms with Gasteiger partial charge in [0, 0.05) is 5.56 Å². The molecule has 0 radical (unpaired) electrons. The van der Waals surface area contributed by atoms with Crippen molar-refractivity contribution in [2.24, 2.45) is 0 Å². The molecule has 1 aromatic carbocycles. The highest BCUT2D eigenvalue weighted by atomic mass is 35.5. The number of aromatic hydroxyl groups is 1. The quantitative estimate of drug-likeness (QED) is 0.784. The molecule has 14 heavy (non-hydrogen) atoms. The highest BCUT2D eigenvalue weighted by molar-refractivity contribution is 6.34. The molecular weight excluding hydrogens is 208 g/mol. The van der Waals surface area contributed by atoms with E-state index in [1.807, 2.05) is 0 Å². The van der Waals surface area contributed by atoms with E-state index in [9.17, 15) is 9.90 Å². The molecule has 4 nitrogen and oxygen atoms in total. The van der Waals surface area contributed by atoms with E-state index >= 15 is 0 Å². The zero-order valence-electron chi connectivity index (χ0n) is 7.70. The molecule has 76 valence electrons. The molecule has 0 bridgehead atoms. The highest BCUT2D eigenvalue weighted by Crippen LogP contribution is 2.43. The van der Waals surface area contributed by atoms with E-state index in [1.54, 1.807) is 0 Å². The molecule has 0 aliphatic rings. The van der Waals surface area contributed by atoms with E-state index in [0.29, 0.717) is 6.29 Å². The van der Waals surface area contributed by atoms with E-state index in [-0.39, 0.29) is 27.8 Å². The largest absolute Gasteiger partial charge is 0.502 e. The molecule has 0 aromatic heterocycles. The number of phenolic OH excluding ortho intramolecular Hbond substituents is 1. The van der Waals surface area contributed by atoms with Crippen molar-refractivity contribution in [1.29, 1.82) is 0 Å². The predicted molar refractivity (Wildman–Crippen MR) is 51.6 cm³/mol. The lowest BCUT2D eigenvalue weighted by atomic mass is 10.2. The van der Waals surface area contributed by atoms with Crippen LogP contribution in [0.4, 0.5) is 0 Å². The Morgan fingerprint density at radius 1 is 1.43 bits per heavy atom. The Hall–Kier alpha value is -1.42. The average Bonchev–Trinajstić information content (AvgIpc) is 2.19. The zero-order chi connectivity index (χ0) is 10.7. The third-order valence-corrected chi connectivity index (χ3v) is 2.13. The number of benzene rings is 1. The number of carbonyl (C=O) groups excluding carboxylic acids is 1. The minimum atomic E-state index is -0.217. The van der Waals surface area contributed by atoms with Gasteiger partial charge in [0.25, 0.3) is 0 Å². The van der Waals surface area contributed by atoms with Gasteiger partial charge in [-0.2, -0.15) is 0 Å². The number of rotatable bonds is 3. The maximum atomic E-state index is 10.6.